The van der Waals surface area contributed by atoms with E-state index in [0.717, 1.165) is 5.56 Å². The molecule has 72 valence electrons. The molecule has 1 heterocycles. The van der Waals surface area contributed by atoms with Gasteiger partial charge in [-0.25, -0.2) is 5.43 Å². The monoisotopic (exact) mass is 218 g/mol. The van der Waals surface area contributed by atoms with Gasteiger partial charge >= 0.3 is 0 Å². The molecule has 13 heavy (non-hydrogen) atoms. The molecule has 0 fully saturated rings. The van der Waals surface area contributed by atoms with Crippen molar-refractivity contribution in [2.75, 3.05) is 0 Å². The van der Waals surface area contributed by atoms with E-state index in [0.29, 0.717) is 6.54 Å². The van der Waals surface area contributed by atoms with Crippen molar-refractivity contribution >= 4 is 29.7 Å². The molecule has 0 aromatic carbocycles. The predicted molar refractivity (Wildman–Crippen MR) is 58.2 cm³/mol. The molecule has 0 bridgehead atoms. The predicted octanol–water partition coefficient (Wildman–Crippen LogP) is 0.341. The average molecular weight is 219 g/mol. The van der Waals surface area contributed by atoms with E-state index in [1.165, 1.54) is 0 Å². The van der Waals surface area contributed by atoms with Gasteiger partial charge in [-0.2, -0.15) is 0 Å². The van der Waals surface area contributed by atoms with Crippen LogP contribution in [0.5, 0.6) is 0 Å². The number of halogens is 1. The summed E-state index contributed by atoms with van der Waals surface area (Å²) >= 11 is 4.60. The molecule has 0 aliphatic rings. The number of aromatic nitrogens is 1. The van der Waals surface area contributed by atoms with E-state index >= 15 is 0 Å². The third kappa shape index (κ3) is 5.35. The van der Waals surface area contributed by atoms with Crippen molar-refractivity contribution in [2.24, 2.45) is 5.73 Å². The molecule has 0 aliphatic carbocycles. The zero-order valence-electron chi connectivity index (χ0n) is 6.86. The SMILES string of the molecule is Cl.NC(=S)NNCc1cccnc1. The lowest BCUT2D eigenvalue weighted by molar-refractivity contribution is 0.654. The number of pyridine rings is 1. The second kappa shape index (κ2) is 6.59. The number of hydrazine groups is 1. The summed E-state index contributed by atoms with van der Waals surface area (Å²) in [5.74, 6) is 0. The Kier molecular flexibility index (Phi) is 6.13. The van der Waals surface area contributed by atoms with Crippen molar-refractivity contribution in [3.63, 3.8) is 0 Å². The number of nitrogens with two attached hydrogens (primary N) is 1. The van der Waals surface area contributed by atoms with E-state index in [9.17, 15) is 0 Å². The van der Waals surface area contributed by atoms with Crippen LogP contribution in [-0.4, -0.2) is 10.1 Å². The van der Waals surface area contributed by atoms with Gasteiger partial charge in [-0.1, -0.05) is 6.07 Å². The summed E-state index contributed by atoms with van der Waals surface area (Å²) in [4.78, 5) is 3.95. The van der Waals surface area contributed by atoms with E-state index in [2.05, 4.69) is 28.1 Å². The minimum Gasteiger partial charge on any atom is -0.375 e. The Hall–Kier alpha value is -0.910. The molecule has 4 nitrogen and oxygen atoms in total. The number of nitrogens with one attached hydrogen (secondary N) is 2. The van der Waals surface area contributed by atoms with Crippen LogP contribution in [0.2, 0.25) is 0 Å². The second-order valence-electron chi connectivity index (χ2n) is 2.20. The van der Waals surface area contributed by atoms with Gasteiger partial charge in [0, 0.05) is 18.9 Å². The number of nitrogens with zero attached hydrogens (tertiary/aromatic N) is 1. The second-order valence-corrected chi connectivity index (χ2v) is 2.64. The Morgan fingerprint density at radius 2 is 2.38 bits per heavy atom. The van der Waals surface area contributed by atoms with Crippen LogP contribution >= 0.6 is 24.6 Å². The molecule has 0 aliphatic heterocycles. The standard InChI is InChI=1S/C7H10N4S.ClH/c8-7(12)11-10-5-6-2-1-3-9-4-6;/h1-4,10H,5H2,(H3,8,11,12);1H. The third-order valence-corrected chi connectivity index (χ3v) is 1.33. The van der Waals surface area contributed by atoms with Gasteiger partial charge in [-0.05, 0) is 23.8 Å². The number of hydrogen-bond acceptors (Lipinski definition) is 3. The van der Waals surface area contributed by atoms with Gasteiger partial charge in [0.25, 0.3) is 0 Å². The quantitative estimate of drug-likeness (QED) is 0.505. The van der Waals surface area contributed by atoms with Gasteiger partial charge in [0.1, 0.15) is 0 Å². The Bertz CT molecular complexity index is 254. The molecular formula is C7H11ClN4S. The van der Waals surface area contributed by atoms with Crippen LogP contribution in [0.4, 0.5) is 0 Å². The third-order valence-electron chi connectivity index (χ3n) is 1.23. The molecule has 1 aromatic rings. The maximum absolute atomic E-state index is 5.20. The summed E-state index contributed by atoms with van der Waals surface area (Å²) in [6, 6.07) is 3.83. The van der Waals surface area contributed by atoms with Crippen molar-refractivity contribution in [1.82, 2.24) is 15.8 Å². The van der Waals surface area contributed by atoms with Gasteiger partial charge in [0.05, 0.1) is 0 Å². The molecule has 0 atom stereocenters. The van der Waals surface area contributed by atoms with Crippen molar-refractivity contribution in [3.8, 4) is 0 Å². The lowest BCUT2D eigenvalue weighted by atomic mass is 10.3. The maximum atomic E-state index is 5.20. The van der Waals surface area contributed by atoms with Gasteiger partial charge in [-0.15, -0.1) is 12.4 Å². The fourth-order valence-corrected chi connectivity index (χ4v) is 0.808. The first-order chi connectivity index (χ1) is 5.79. The van der Waals surface area contributed by atoms with Crippen LogP contribution in [-0.2, 0) is 6.54 Å². The van der Waals surface area contributed by atoms with Crippen LogP contribution in [0.15, 0.2) is 24.5 Å². The van der Waals surface area contributed by atoms with Gasteiger partial charge in [0.2, 0.25) is 0 Å². The number of rotatable bonds is 3. The average Bonchev–Trinajstić information content (AvgIpc) is 2.05. The zero-order valence-corrected chi connectivity index (χ0v) is 8.49. The van der Waals surface area contributed by atoms with Crippen LogP contribution in [0, 0.1) is 0 Å². The highest BCUT2D eigenvalue weighted by Crippen LogP contribution is 1.92. The van der Waals surface area contributed by atoms with Gasteiger partial charge < -0.3 is 5.73 Å². The molecule has 0 amide bonds. The lowest BCUT2D eigenvalue weighted by Crippen LogP contribution is -2.40. The smallest absolute Gasteiger partial charge is 0.178 e. The Labute approximate surface area is 88.3 Å². The molecule has 0 spiro atoms. The van der Waals surface area contributed by atoms with Gasteiger partial charge in [-0.3, -0.25) is 10.4 Å². The normalized spacial score (nSPS) is 8.62. The largest absolute Gasteiger partial charge is 0.375 e. The van der Waals surface area contributed by atoms with Crippen LogP contribution < -0.4 is 16.6 Å². The molecule has 6 heteroatoms. The highest BCUT2D eigenvalue weighted by atomic mass is 35.5. The number of hydrogen-bond donors (Lipinski definition) is 3. The Balaban J connectivity index is 0.00000144. The van der Waals surface area contributed by atoms with Crippen molar-refractivity contribution in [3.05, 3.63) is 30.1 Å². The Morgan fingerprint density at radius 3 is 2.92 bits per heavy atom. The maximum Gasteiger partial charge on any atom is 0.178 e. The highest BCUT2D eigenvalue weighted by molar-refractivity contribution is 7.80. The Morgan fingerprint density at radius 1 is 1.62 bits per heavy atom. The zero-order chi connectivity index (χ0) is 8.81. The summed E-state index contributed by atoms with van der Waals surface area (Å²) in [6.45, 7) is 0.644. The first-order valence-corrected chi connectivity index (χ1v) is 3.87. The van der Waals surface area contributed by atoms with Crippen molar-refractivity contribution in [1.29, 1.82) is 0 Å². The minimum atomic E-state index is 0. The molecule has 1 aromatic heterocycles. The molecule has 4 N–H and O–H groups in total. The first kappa shape index (κ1) is 12.1. The van der Waals surface area contributed by atoms with E-state index in [-0.39, 0.29) is 17.5 Å². The van der Waals surface area contributed by atoms with E-state index in [4.69, 9.17) is 5.73 Å². The van der Waals surface area contributed by atoms with Crippen LogP contribution in [0.1, 0.15) is 5.56 Å². The molecule has 0 radical (unpaired) electrons. The summed E-state index contributed by atoms with van der Waals surface area (Å²) in [6.07, 6.45) is 3.50. The molecule has 0 unspecified atom stereocenters. The van der Waals surface area contributed by atoms with E-state index in [1.54, 1.807) is 12.4 Å². The summed E-state index contributed by atoms with van der Waals surface area (Å²) in [5.41, 5.74) is 11.7. The summed E-state index contributed by atoms with van der Waals surface area (Å²) in [5, 5.41) is 0.235. The van der Waals surface area contributed by atoms with Crippen molar-refractivity contribution < 1.29 is 0 Å². The fourth-order valence-electron chi connectivity index (χ4n) is 0.736. The molecule has 0 saturated carbocycles. The minimum absolute atomic E-state index is 0. The summed E-state index contributed by atoms with van der Waals surface area (Å²) < 4.78 is 0. The van der Waals surface area contributed by atoms with Crippen LogP contribution in [0.25, 0.3) is 0 Å². The van der Waals surface area contributed by atoms with E-state index in [1.807, 2.05) is 12.1 Å². The van der Waals surface area contributed by atoms with E-state index < -0.39 is 0 Å². The molecular weight excluding hydrogens is 208 g/mol. The highest BCUT2D eigenvalue weighted by Gasteiger charge is 1.89. The van der Waals surface area contributed by atoms with Crippen molar-refractivity contribution in [2.45, 2.75) is 6.54 Å². The topological polar surface area (TPSA) is 63.0 Å². The molecule has 0 saturated heterocycles. The first-order valence-electron chi connectivity index (χ1n) is 3.46. The number of thiocarbonyl (C=S) groups is 1. The lowest BCUT2D eigenvalue weighted by Gasteiger charge is -2.04. The molecule has 1 rings (SSSR count). The summed E-state index contributed by atoms with van der Waals surface area (Å²) in [7, 11) is 0. The fraction of sp³-hybridized carbons (Fsp3) is 0.143. The van der Waals surface area contributed by atoms with Crippen LogP contribution in [0.3, 0.4) is 0 Å². The van der Waals surface area contributed by atoms with Gasteiger partial charge in [0.15, 0.2) is 5.11 Å².